The molecule has 0 bridgehead atoms. The molecule has 1 unspecified atom stereocenters. The van der Waals surface area contributed by atoms with Gasteiger partial charge in [0.2, 0.25) is 0 Å². The Labute approximate surface area is 53.9 Å². The fourth-order valence-corrected chi connectivity index (χ4v) is 1.14. The van der Waals surface area contributed by atoms with Crippen molar-refractivity contribution in [2.24, 2.45) is 10.9 Å². The first-order valence-electron chi connectivity index (χ1n) is 3.27. The van der Waals surface area contributed by atoms with Crippen LogP contribution in [-0.2, 0) is 0 Å². The maximum atomic E-state index is 9.55. The van der Waals surface area contributed by atoms with Crippen LogP contribution in [0.25, 0.3) is 0 Å². The highest BCUT2D eigenvalue weighted by atomic mass is 16.3. The predicted molar refractivity (Wildman–Crippen MR) is 35.3 cm³/mol. The van der Waals surface area contributed by atoms with E-state index in [1.807, 2.05) is 0 Å². The summed E-state index contributed by atoms with van der Waals surface area (Å²) < 4.78 is 0. The quantitative estimate of drug-likeness (QED) is 0.547. The van der Waals surface area contributed by atoms with Crippen molar-refractivity contribution < 1.29 is 5.11 Å². The maximum absolute atomic E-state index is 9.55. The number of aliphatic hydroxyl groups is 1. The van der Waals surface area contributed by atoms with Crippen LogP contribution in [0.5, 0.6) is 0 Å². The lowest BCUT2D eigenvalue weighted by atomic mass is 10.1. The van der Waals surface area contributed by atoms with Gasteiger partial charge in [0.15, 0.2) is 5.72 Å². The van der Waals surface area contributed by atoms with Crippen LogP contribution < -0.4 is 0 Å². The van der Waals surface area contributed by atoms with Crippen LogP contribution >= 0.6 is 0 Å². The van der Waals surface area contributed by atoms with E-state index >= 15 is 0 Å². The molecular weight excluding hydrogens is 114 g/mol. The first kappa shape index (κ1) is 5.18. The molecule has 0 radical (unpaired) electrons. The Bertz CT molecular complexity index is 167. The zero-order chi connectivity index (χ0) is 6.32. The van der Waals surface area contributed by atoms with Gasteiger partial charge in [-0.15, -0.1) is 0 Å². The Hall–Kier alpha value is -0.630. The van der Waals surface area contributed by atoms with Crippen molar-refractivity contribution >= 4 is 6.21 Å². The molecule has 2 heteroatoms. The number of aliphatic imine (C=N–C) groups is 1. The van der Waals surface area contributed by atoms with Gasteiger partial charge in [0.05, 0.1) is 0 Å². The minimum absolute atomic E-state index is 0.410. The van der Waals surface area contributed by atoms with Crippen LogP contribution in [0.15, 0.2) is 17.1 Å². The standard InChI is InChI=1S/C7H9NO/c9-7(6-2-3-6)4-1-5-8-7/h1,4-6,9H,2-3H2. The molecule has 2 nitrogen and oxygen atoms in total. The van der Waals surface area contributed by atoms with Gasteiger partial charge in [-0.3, -0.25) is 4.99 Å². The van der Waals surface area contributed by atoms with Crippen molar-refractivity contribution in [2.75, 3.05) is 0 Å². The summed E-state index contributed by atoms with van der Waals surface area (Å²) in [7, 11) is 0. The summed E-state index contributed by atoms with van der Waals surface area (Å²) in [5, 5.41) is 9.55. The van der Waals surface area contributed by atoms with Crippen molar-refractivity contribution in [3.05, 3.63) is 12.2 Å². The van der Waals surface area contributed by atoms with Gasteiger partial charge in [-0.05, 0) is 25.0 Å². The van der Waals surface area contributed by atoms with E-state index in [1.54, 1.807) is 18.4 Å². The average molecular weight is 123 g/mol. The smallest absolute Gasteiger partial charge is 0.178 e. The molecule has 0 saturated heterocycles. The predicted octanol–water partition coefficient (Wildman–Crippen LogP) is 0.726. The van der Waals surface area contributed by atoms with Crippen molar-refractivity contribution in [1.82, 2.24) is 0 Å². The molecule has 48 valence electrons. The molecule has 2 aliphatic rings. The second-order valence-corrected chi connectivity index (χ2v) is 2.69. The normalized spacial score (nSPS) is 40.1. The summed E-state index contributed by atoms with van der Waals surface area (Å²) in [5.41, 5.74) is -0.806. The first-order valence-corrected chi connectivity index (χ1v) is 3.27. The third kappa shape index (κ3) is 0.704. The van der Waals surface area contributed by atoms with Crippen molar-refractivity contribution in [1.29, 1.82) is 0 Å². The Morgan fingerprint density at radius 1 is 1.56 bits per heavy atom. The van der Waals surface area contributed by atoms with Crippen LogP contribution in [0.4, 0.5) is 0 Å². The molecule has 1 saturated carbocycles. The number of allylic oxidation sites excluding steroid dienone is 1. The van der Waals surface area contributed by atoms with Gasteiger partial charge in [-0.2, -0.15) is 0 Å². The highest BCUT2D eigenvalue weighted by Gasteiger charge is 2.42. The van der Waals surface area contributed by atoms with Crippen molar-refractivity contribution in [2.45, 2.75) is 18.6 Å². The van der Waals surface area contributed by atoms with E-state index in [1.165, 1.54) is 0 Å². The minimum atomic E-state index is -0.806. The van der Waals surface area contributed by atoms with Gasteiger partial charge in [0.1, 0.15) is 0 Å². The third-order valence-electron chi connectivity index (χ3n) is 1.89. The van der Waals surface area contributed by atoms with Crippen LogP contribution in [0.1, 0.15) is 12.8 Å². The van der Waals surface area contributed by atoms with E-state index in [4.69, 9.17) is 0 Å². The molecule has 1 aliphatic carbocycles. The van der Waals surface area contributed by atoms with Crippen LogP contribution in [0.3, 0.4) is 0 Å². The van der Waals surface area contributed by atoms with Gasteiger partial charge in [-0.25, -0.2) is 0 Å². The van der Waals surface area contributed by atoms with E-state index in [9.17, 15) is 5.11 Å². The lowest BCUT2D eigenvalue weighted by molar-refractivity contribution is 0.0805. The molecule has 1 heterocycles. The summed E-state index contributed by atoms with van der Waals surface area (Å²) in [6.45, 7) is 0. The summed E-state index contributed by atoms with van der Waals surface area (Å²) in [4.78, 5) is 3.95. The molecule has 2 rings (SSSR count). The van der Waals surface area contributed by atoms with Gasteiger partial charge in [0.25, 0.3) is 0 Å². The fourth-order valence-electron chi connectivity index (χ4n) is 1.14. The molecule has 1 atom stereocenters. The van der Waals surface area contributed by atoms with Gasteiger partial charge < -0.3 is 5.11 Å². The molecule has 1 N–H and O–H groups in total. The molecule has 9 heavy (non-hydrogen) atoms. The second-order valence-electron chi connectivity index (χ2n) is 2.69. The minimum Gasteiger partial charge on any atom is -0.366 e. The fraction of sp³-hybridized carbons (Fsp3) is 0.571. The SMILES string of the molecule is OC1(C2CC2)C=CC=N1. The Kier molecular flexibility index (Phi) is 0.833. The highest BCUT2D eigenvalue weighted by molar-refractivity contribution is 5.74. The molecular formula is C7H9NO. The summed E-state index contributed by atoms with van der Waals surface area (Å²) in [6.07, 6.45) is 7.48. The molecule has 0 spiro atoms. The molecule has 1 aliphatic heterocycles. The molecule has 0 aromatic carbocycles. The number of nitrogens with zero attached hydrogens (tertiary/aromatic N) is 1. The Morgan fingerprint density at radius 3 is 2.78 bits per heavy atom. The van der Waals surface area contributed by atoms with Crippen LogP contribution in [-0.4, -0.2) is 17.0 Å². The second kappa shape index (κ2) is 1.45. The summed E-state index contributed by atoms with van der Waals surface area (Å²) >= 11 is 0. The average Bonchev–Trinajstić information content (AvgIpc) is 2.60. The Balaban J connectivity index is 2.22. The van der Waals surface area contributed by atoms with E-state index in [0.29, 0.717) is 5.92 Å². The van der Waals surface area contributed by atoms with Crippen LogP contribution in [0.2, 0.25) is 0 Å². The Morgan fingerprint density at radius 2 is 2.33 bits per heavy atom. The molecule has 0 aromatic heterocycles. The van der Waals surface area contributed by atoms with Crippen molar-refractivity contribution in [3.63, 3.8) is 0 Å². The largest absolute Gasteiger partial charge is 0.366 e. The van der Waals surface area contributed by atoms with E-state index < -0.39 is 5.72 Å². The van der Waals surface area contributed by atoms with Crippen molar-refractivity contribution in [3.8, 4) is 0 Å². The summed E-state index contributed by atoms with van der Waals surface area (Å²) in [5.74, 6) is 0.410. The number of hydrogen-bond acceptors (Lipinski definition) is 2. The molecule has 0 amide bonds. The van der Waals surface area contributed by atoms with Crippen LogP contribution in [0, 0.1) is 5.92 Å². The third-order valence-corrected chi connectivity index (χ3v) is 1.89. The topological polar surface area (TPSA) is 32.6 Å². The van der Waals surface area contributed by atoms with E-state index in [-0.39, 0.29) is 0 Å². The number of hydrogen-bond donors (Lipinski definition) is 1. The van der Waals surface area contributed by atoms with Gasteiger partial charge >= 0.3 is 0 Å². The van der Waals surface area contributed by atoms with Gasteiger partial charge in [-0.1, -0.05) is 0 Å². The lowest BCUT2D eigenvalue weighted by Crippen LogP contribution is -2.23. The number of rotatable bonds is 1. The summed E-state index contributed by atoms with van der Waals surface area (Å²) in [6, 6.07) is 0. The van der Waals surface area contributed by atoms with Gasteiger partial charge in [0, 0.05) is 12.1 Å². The molecule has 0 aromatic rings. The highest BCUT2D eigenvalue weighted by Crippen LogP contribution is 2.42. The maximum Gasteiger partial charge on any atom is 0.178 e. The van der Waals surface area contributed by atoms with E-state index in [2.05, 4.69) is 4.99 Å². The molecule has 1 fully saturated rings. The zero-order valence-corrected chi connectivity index (χ0v) is 5.12. The monoisotopic (exact) mass is 123 g/mol. The van der Waals surface area contributed by atoms with E-state index in [0.717, 1.165) is 12.8 Å². The zero-order valence-electron chi connectivity index (χ0n) is 5.12. The lowest BCUT2D eigenvalue weighted by Gasteiger charge is -2.14. The first-order chi connectivity index (χ1) is 4.31.